The number of rotatable bonds is 10. The molecule has 0 spiro atoms. The number of nitrogens with one attached hydrogen (secondary N) is 1. The van der Waals surface area contributed by atoms with Gasteiger partial charge in [-0.15, -0.1) is 0 Å². The molecule has 1 N–H and O–H groups in total. The van der Waals surface area contributed by atoms with Gasteiger partial charge in [0.05, 0.1) is 20.6 Å². The van der Waals surface area contributed by atoms with Gasteiger partial charge in [-0.2, -0.15) is 0 Å². The van der Waals surface area contributed by atoms with E-state index in [2.05, 4.69) is 5.32 Å². The van der Waals surface area contributed by atoms with Crippen LogP contribution in [0.15, 0.2) is 71.6 Å². The van der Waals surface area contributed by atoms with E-state index in [1.165, 1.54) is 17.0 Å². The van der Waals surface area contributed by atoms with E-state index in [1.54, 1.807) is 55.5 Å². The number of aryl methyl sites for hydroxylation is 2. The number of halogens is 2. The molecule has 3 aromatic carbocycles. The largest absolute Gasteiger partial charge is 0.352 e. The van der Waals surface area contributed by atoms with Crippen molar-refractivity contribution in [1.82, 2.24) is 10.2 Å². The first-order valence-electron chi connectivity index (χ1n) is 13.7. The van der Waals surface area contributed by atoms with Gasteiger partial charge in [0, 0.05) is 12.6 Å². The zero-order valence-electron chi connectivity index (χ0n) is 23.4. The second-order valence-corrected chi connectivity index (χ2v) is 13.3. The average molecular weight is 617 g/mol. The standard InChI is InChI=1S/C31H35Cl2N3O4S/c1-21-11-14-27(15-12-21)41(39,40)36(26-10-6-7-22(2)17-26)20-30(37)35(19-24-13-16-28(32)29(33)18-24)23(3)31(38)34-25-8-4-5-9-25/h6-7,10-18,23,25H,4-5,8-9,19-20H2,1-3H3,(H,34,38)/t23-/m1/s1. The summed E-state index contributed by atoms with van der Waals surface area (Å²) in [5.41, 5.74) is 2.78. The van der Waals surface area contributed by atoms with E-state index in [9.17, 15) is 18.0 Å². The Balaban J connectivity index is 1.70. The third-order valence-corrected chi connectivity index (χ3v) is 9.91. The quantitative estimate of drug-likeness (QED) is 0.291. The Labute approximate surface area is 252 Å². The molecule has 0 radical (unpaired) electrons. The molecule has 0 bridgehead atoms. The maximum atomic E-state index is 14.1. The lowest BCUT2D eigenvalue weighted by Crippen LogP contribution is -2.52. The Hall–Kier alpha value is -3.07. The third-order valence-electron chi connectivity index (χ3n) is 7.38. The lowest BCUT2D eigenvalue weighted by molar-refractivity contribution is -0.139. The smallest absolute Gasteiger partial charge is 0.264 e. The summed E-state index contributed by atoms with van der Waals surface area (Å²) >= 11 is 12.4. The summed E-state index contributed by atoms with van der Waals surface area (Å²) in [6.45, 7) is 4.93. The van der Waals surface area contributed by atoms with Crippen molar-refractivity contribution in [2.75, 3.05) is 10.8 Å². The highest BCUT2D eigenvalue weighted by Gasteiger charge is 2.33. The molecule has 7 nitrogen and oxygen atoms in total. The van der Waals surface area contributed by atoms with Crippen molar-refractivity contribution in [2.45, 2.75) is 70.0 Å². The summed E-state index contributed by atoms with van der Waals surface area (Å²) < 4.78 is 29.0. The molecule has 10 heteroatoms. The van der Waals surface area contributed by atoms with Crippen molar-refractivity contribution in [3.8, 4) is 0 Å². The molecule has 0 unspecified atom stereocenters. The van der Waals surface area contributed by atoms with Gasteiger partial charge in [-0.3, -0.25) is 13.9 Å². The Morgan fingerprint density at radius 2 is 1.61 bits per heavy atom. The Kier molecular flexibility index (Phi) is 10.00. The van der Waals surface area contributed by atoms with E-state index in [1.807, 2.05) is 19.9 Å². The van der Waals surface area contributed by atoms with E-state index in [0.717, 1.165) is 41.1 Å². The molecular formula is C31H35Cl2N3O4S. The number of sulfonamides is 1. The van der Waals surface area contributed by atoms with Crippen molar-refractivity contribution < 1.29 is 18.0 Å². The SMILES string of the molecule is Cc1ccc(S(=O)(=O)N(CC(=O)N(Cc2ccc(Cl)c(Cl)c2)[C@H](C)C(=O)NC2CCCC2)c2cccc(C)c2)cc1. The van der Waals surface area contributed by atoms with E-state index in [4.69, 9.17) is 23.2 Å². The van der Waals surface area contributed by atoms with Crippen LogP contribution in [-0.2, 0) is 26.2 Å². The lowest BCUT2D eigenvalue weighted by atomic mass is 10.1. The predicted octanol–water partition coefficient (Wildman–Crippen LogP) is 6.28. The number of hydrogen-bond donors (Lipinski definition) is 1. The van der Waals surface area contributed by atoms with E-state index in [-0.39, 0.29) is 23.4 Å². The fraction of sp³-hybridized carbons (Fsp3) is 0.355. The molecule has 1 saturated carbocycles. The number of benzene rings is 3. The summed E-state index contributed by atoms with van der Waals surface area (Å²) in [6, 6.07) is 17.7. The molecule has 0 aromatic heterocycles. The van der Waals surface area contributed by atoms with E-state index >= 15 is 0 Å². The monoisotopic (exact) mass is 615 g/mol. The molecule has 1 fully saturated rings. The van der Waals surface area contributed by atoms with Gasteiger partial charge in [-0.05, 0) is 81.1 Å². The topological polar surface area (TPSA) is 86.8 Å². The molecule has 3 aromatic rings. The first-order valence-corrected chi connectivity index (χ1v) is 15.8. The summed E-state index contributed by atoms with van der Waals surface area (Å²) in [5, 5.41) is 3.75. The van der Waals surface area contributed by atoms with Crippen molar-refractivity contribution in [3.05, 3.63) is 93.5 Å². The van der Waals surface area contributed by atoms with E-state index < -0.39 is 28.5 Å². The van der Waals surface area contributed by atoms with Crippen LogP contribution in [0.25, 0.3) is 0 Å². The molecule has 1 atom stereocenters. The number of nitrogens with zero attached hydrogens (tertiary/aromatic N) is 2. The molecule has 1 aliphatic rings. The fourth-order valence-electron chi connectivity index (χ4n) is 4.96. The number of carbonyl (C=O) groups excluding carboxylic acids is 2. The lowest BCUT2D eigenvalue weighted by Gasteiger charge is -2.32. The minimum Gasteiger partial charge on any atom is -0.352 e. The molecule has 2 amide bonds. The third kappa shape index (κ3) is 7.61. The zero-order chi connectivity index (χ0) is 29.7. The molecular weight excluding hydrogens is 581 g/mol. The van der Waals surface area contributed by atoms with Gasteiger partial charge in [-0.25, -0.2) is 8.42 Å². The van der Waals surface area contributed by atoms with Crippen molar-refractivity contribution >= 4 is 50.7 Å². The molecule has 1 aliphatic carbocycles. The van der Waals surface area contributed by atoms with Crippen LogP contribution in [0.4, 0.5) is 5.69 Å². The number of amides is 2. The highest BCUT2D eigenvalue weighted by Crippen LogP contribution is 2.27. The summed E-state index contributed by atoms with van der Waals surface area (Å²) in [4.78, 5) is 28.9. The maximum Gasteiger partial charge on any atom is 0.264 e. The first kappa shape index (κ1) is 30.9. The van der Waals surface area contributed by atoms with Gasteiger partial charge in [0.1, 0.15) is 12.6 Å². The van der Waals surface area contributed by atoms with Gasteiger partial charge in [0.2, 0.25) is 11.8 Å². The molecule has 41 heavy (non-hydrogen) atoms. The Morgan fingerprint density at radius 3 is 2.24 bits per heavy atom. The van der Waals surface area contributed by atoms with Crippen LogP contribution in [0.2, 0.25) is 10.0 Å². The van der Waals surface area contributed by atoms with Crippen molar-refractivity contribution in [2.24, 2.45) is 0 Å². The number of hydrogen-bond acceptors (Lipinski definition) is 4. The van der Waals surface area contributed by atoms with Crippen LogP contribution in [0.5, 0.6) is 0 Å². The number of anilines is 1. The minimum atomic E-state index is -4.12. The van der Waals surface area contributed by atoms with Crippen LogP contribution >= 0.6 is 23.2 Å². The van der Waals surface area contributed by atoms with Crippen LogP contribution in [-0.4, -0.2) is 43.8 Å². The summed E-state index contributed by atoms with van der Waals surface area (Å²) in [7, 11) is -4.12. The van der Waals surface area contributed by atoms with Crippen LogP contribution in [0.1, 0.15) is 49.3 Å². The average Bonchev–Trinajstić information content (AvgIpc) is 3.45. The van der Waals surface area contributed by atoms with E-state index in [0.29, 0.717) is 21.3 Å². The van der Waals surface area contributed by atoms with Crippen LogP contribution in [0, 0.1) is 13.8 Å². The predicted molar refractivity (Wildman–Crippen MR) is 164 cm³/mol. The first-order chi connectivity index (χ1) is 19.5. The molecule has 0 aliphatic heterocycles. The molecule has 0 heterocycles. The minimum absolute atomic E-state index is 0.0429. The van der Waals surface area contributed by atoms with Crippen molar-refractivity contribution in [3.63, 3.8) is 0 Å². The molecule has 4 rings (SSSR count). The maximum absolute atomic E-state index is 14.1. The zero-order valence-corrected chi connectivity index (χ0v) is 25.8. The highest BCUT2D eigenvalue weighted by molar-refractivity contribution is 7.92. The normalized spacial score (nSPS) is 14.5. The van der Waals surface area contributed by atoms with Gasteiger partial charge < -0.3 is 10.2 Å². The van der Waals surface area contributed by atoms with Gasteiger partial charge >= 0.3 is 0 Å². The Morgan fingerprint density at radius 1 is 0.927 bits per heavy atom. The van der Waals surface area contributed by atoms with Gasteiger partial charge in [-0.1, -0.05) is 71.9 Å². The van der Waals surface area contributed by atoms with Crippen LogP contribution in [0.3, 0.4) is 0 Å². The highest BCUT2D eigenvalue weighted by atomic mass is 35.5. The second-order valence-electron chi connectivity index (χ2n) is 10.6. The van der Waals surface area contributed by atoms with Crippen LogP contribution < -0.4 is 9.62 Å². The van der Waals surface area contributed by atoms with Gasteiger partial charge in [0.25, 0.3) is 10.0 Å². The second kappa shape index (κ2) is 13.3. The van der Waals surface area contributed by atoms with Crippen molar-refractivity contribution in [1.29, 1.82) is 0 Å². The summed E-state index contributed by atoms with van der Waals surface area (Å²) in [6.07, 6.45) is 3.89. The van der Waals surface area contributed by atoms with Gasteiger partial charge in [0.15, 0.2) is 0 Å². The molecule has 0 saturated heterocycles. The Bertz CT molecular complexity index is 1510. The number of carbonyl (C=O) groups is 2. The fourth-order valence-corrected chi connectivity index (χ4v) is 6.69. The summed E-state index contributed by atoms with van der Waals surface area (Å²) in [5.74, 6) is -0.809. The molecule has 218 valence electrons.